The molecule has 160 valence electrons. The number of aryl methyl sites for hydroxylation is 1. The van der Waals surface area contributed by atoms with Gasteiger partial charge in [-0.05, 0) is 36.6 Å². The molecule has 1 aromatic carbocycles. The van der Waals surface area contributed by atoms with Crippen LogP contribution in [0.3, 0.4) is 0 Å². The topological polar surface area (TPSA) is 73.2 Å². The van der Waals surface area contributed by atoms with Gasteiger partial charge in [0.1, 0.15) is 16.3 Å². The standard InChI is InChI=1S/C22H20FN3O3S2/c1-3-29-19(27)12-16(17-9-6-10-30-17)24-21(28)18-11-14-20(25-26(2)22(14)31-18)13-7-4-5-8-15(13)23/h4-11,16H,3,12H2,1-2H3,(H,24,28)/t16-/m1/s1. The first-order valence-electron chi connectivity index (χ1n) is 9.69. The van der Waals surface area contributed by atoms with Crippen LogP contribution in [-0.4, -0.2) is 28.3 Å². The van der Waals surface area contributed by atoms with Crippen LogP contribution in [0.15, 0.2) is 47.8 Å². The van der Waals surface area contributed by atoms with Gasteiger partial charge in [-0.3, -0.25) is 14.3 Å². The highest BCUT2D eigenvalue weighted by atomic mass is 32.1. The van der Waals surface area contributed by atoms with Crippen molar-refractivity contribution in [2.75, 3.05) is 6.61 Å². The highest BCUT2D eigenvalue weighted by Crippen LogP contribution is 2.35. The van der Waals surface area contributed by atoms with Crippen LogP contribution in [0.5, 0.6) is 0 Å². The van der Waals surface area contributed by atoms with Crippen molar-refractivity contribution in [2.24, 2.45) is 7.05 Å². The molecule has 3 heterocycles. The molecule has 1 amide bonds. The quantitative estimate of drug-likeness (QED) is 0.400. The number of halogens is 1. The third-order valence-corrected chi connectivity index (χ3v) is 6.92. The van der Waals surface area contributed by atoms with Gasteiger partial charge in [-0.15, -0.1) is 22.7 Å². The third-order valence-electron chi connectivity index (χ3n) is 4.73. The molecule has 0 fully saturated rings. The van der Waals surface area contributed by atoms with Gasteiger partial charge in [0.25, 0.3) is 5.91 Å². The number of hydrogen-bond acceptors (Lipinski definition) is 6. The highest BCUT2D eigenvalue weighted by Gasteiger charge is 2.24. The average Bonchev–Trinajstić information content (AvgIpc) is 3.47. The minimum Gasteiger partial charge on any atom is -0.466 e. The maximum absolute atomic E-state index is 14.3. The van der Waals surface area contributed by atoms with Crippen molar-refractivity contribution >= 4 is 44.8 Å². The predicted molar refractivity (Wildman–Crippen MR) is 120 cm³/mol. The molecule has 0 unspecified atom stereocenters. The molecular formula is C22H20FN3O3S2. The Labute approximate surface area is 186 Å². The summed E-state index contributed by atoms with van der Waals surface area (Å²) in [5.41, 5.74) is 0.879. The summed E-state index contributed by atoms with van der Waals surface area (Å²) in [7, 11) is 1.76. The average molecular weight is 458 g/mol. The number of amides is 1. The minimum atomic E-state index is -0.485. The number of nitrogens with one attached hydrogen (secondary N) is 1. The Balaban J connectivity index is 1.63. The molecule has 1 N–H and O–H groups in total. The fraction of sp³-hybridized carbons (Fsp3) is 0.227. The van der Waals surface area contributed by atoms with Gasteiger partial charge in [-0.25, -0.2) is 4.39 Å². The van der Waals surface area contributed by atoms with Gasteiger partial charge in [-0.1, -0.05) is 18.2 Å². The number of aromatic nitrogens is 2. The van der Waals surface area contributed by atoms with Crippen molar-refractivity contribution in [2.45, 2.75) is 19.4 Å². The molecule has 31 heavy (non-hydrogen) atoms. The van der Waals surface area contributed by atoms with Gasteiger partial charge < -0.3 is 10.1 Å². The Bertz CT molecular complexity index is 1230. The van der Waals surface area contributed by atoms with Crippen LogP contribution in [0.4, 0.5) is 4.39 Å². The number of carbonyl (C=O) groups is 2. The monoisotopic (exact) mass is 457 g/mol. The number of nitrogens with zero attached hydrogens (tertiary/aromatic N) is 2. The van der Waals surface area contributed by atoms with Crippen molar-refractivity contribution in [3.05, 3.63) is 63.4 Å². The van der Waals surface area contributed by atoms with E-state index < -0.39 is 6.04 Å². The largest absolute Gasteiger partial charge is 0.466 e. The number of esters is 1. The molecule has 0 aliphatic carbocycles. The number of ether oxygens (including phenoxy) is 1. The van der Waals surface area contributed by atoms with Gasteiger partial charge in [0.15, 0.2) is 0 Å². The molecule has 0 aliphatic heterocycles. The van der Waals surface area contributed by atoms with Crippen molar-refractivity contribution in [1.29, 1.82) is 0 Å². The first-order chi connectivity index (χ1) is 15.0. The zero-order chi connectivity index (χ0) is 22.0. The number of benzene rings is 1. The smallest absolute Gasteiger partial charge is 0.308 e. The van der Waals surface area contributed by atoms with E-state index >= 15 is 0 Å². The summed E-state index contributed by atoms with van der Waals surface area (Å²) in [6, 6.07) is 11.4. The molecule has 0 saturated heterocycles. The molecule has 3 aromatic heterocycles. The van der Waals surface area contributed by atoms with Crippen LogP contribution in [0.2, 0.25) is 0 Å². The molecule has 0 bridgehead atoms. The number of thiophene rings is 2. The van der Waals surface area contributed by atoms with Gasteiger partial charge in [0, 0.05) is 22.9 Å². The Kier molecular flexibility index (Phi) is 6.15. The van der Waals surface area contributed by atoms with E-state index in [2.05, 4.69) is 10.4 Å². The van der Waals surface area contributed by atoms with E-state index in [-0.39, 0.29) is 30.7 Å². The van der Waals surface area contributed by atoms with E-state index in [0.29, 0.717) is 21.5 Å². The molecule has 6 nitrogen and oxygen atoms in total. The fourth-order valence-corrected chi connectivity index (χ4v) is 5.09. The second kappa shape index (κ2) is 8.99. The lowest BCUT2D eigenvalue weighted by atomic mass is 10.1. The maximum atomic E-state index is 14.3. The molecule has 9 heteroatoms. The Morgan fingerprint density at radius 2 is 2.06 bits per heavy atom. The molecule has 0 spiro atoms. The van der Waals surface area contributed by atoms with Crippen LogP contribution in [0, 0.1) is 5.82 Å². The molecule has 4 aromatic rings. The summed E-state index contributed by atoms with van der Waals surface area (Å²) in [5.74, 6) is -1.04. The van der Waals surface area contributed by atoms with Crippen molar-refractivity contribution in [3.8, 4) is 11.3 Å². The number of carbonyl (C=O) groups excluding carboxylic acids is 2. The van der Waals surface area contributed by atoms with Crippen LogP contribution < -0.4 is 5.32 Å². The van der Waals surface area contributed by atoms with Gasteiger partial charge >= 0.3 is 5.97 Å². The summed E-state index contributed by atoms with van der Waals surface area (Å²) < 4.78 is 21.0. The molecule has 0 saturated carbocycles. The lowest BCUT2D eigenvalue weighted by Crippen LogP contribution is -2.29. The molecular weight excluding hydrogens is 437 g/mol. The van der Waals surface area contributed by atoms with E-state index in [0.717, 1.165) is 9.71 Å². The number of fused-ring (bicyclic) bond motifs is 1. The van der Waals surface area contributed by atoms with Crippen LogP contribution in [0.25, 0.3) is 21.5 Å². The summed E-state index contributed by atoms with van der Waals surface area (Å²) >= 11 is 2.74. The first kappa shape index (κ1) is 21.2. The Hall–Kier alpha value is -3.04. The van der Waals surface area contributed by atoms with Gasteiger partial charge in [0.05, 0.1) is 23.9 Å². The normalized spacial score (nSPS) is 12.1. The second-order valence-corrected chi connectivity index (χ2v) is 8.84. The van der Waals surface area contributed by atoms with Crippen LogP contribution in [0.1, 0.15) is 33.9 Å². The van der Waals surface area contributed by atoms with Crippen LogP contribution >= 0.6 is 22.7 Å². The highest BCUT2D eigenvalue weighted by molar-refractivity contribution is 7.20. The Morgan fingerprint density at radius 1 is 1.26 bits per heavy atom. The summed E-state index contributed by atoms with van der Waals surface area (Å²) in [4.78, 5) is 27.2. The van der Waals surface area contributed by atoms with E-state index in [1.165, 1.54) is 28.7 Å². The molecule has 0 aliphatic rings. The maximum Gasteiger partial charge on any atom is 0.308 e. The SMILES string of the molecule is CCOC(=O)C[C@@H](NC(=O)c1cc2c(-c3ccccc3F)nn(C)c2s1)c1cccs1. The summed E-state index contributed by atoms with van der Waals surface area (Å²) in [6.45, 7) is 2.03. The van der Waals surface area contributed by atoms with E-state index in [1.54, 1.807) is 42.9 Å². The minimum absolute atomic E-state index is 0.0486. The lowest BCUT2D eigenvalue weighted by Gasteiger charge is -2.16. The molecule has 1 atom stereocenters. The Morgan fingerprint density at radius 3 is 2.77 bits per heavy atom. The zero-order valence-electron chi connectivity index (χ0n) is 16.9. The van der Waals surface area contributed by atoms with Gasteiger partial charge in [-0.2, -0.15) is 5.10 Å². The predicted octanol–water partition coefficient (Wildman–Crippen LogP) is 4.93. The van der Waals surface area contributed by atoms with E-state index in [4.69, 9.17) is 4.74 Å². The van der Waals surface area contributed by atoms with Crippen molar-refractivity contribution in [3.63, 3.8) is 0 Å². The van der Waals surface area contributed by atoms with Gasteiger partial charge in [0.2, 0.25) is 0 Å². The van der Waals surface area contributed by atoms with Crippen molar-refractivity contribution < 1.29 is 18.7 Å². The molecule has 0 radical (unpaired) electrons. The van der Waals surface area contributed by atoms with E-state index in [9.17, 15) is 14.0 Å². The second-order valence-electron chi connectivity index (χ2n) is 6.83. The first-order valence-corrected chi connectivity index (χ1v) is 11.4. The number of hydrogen-bond donors (Lipinski definition) is 1. The summed E-state index contributed by atoms with van der Waals surface area (Å²) in [6.07, 6.45) is 0.0486. The number of rotatable bonds is 7. The molecule has 4 rings (SSSR count). The lowest BCUT2D eigenvalue weighted by molar-refractivity contribution is -0.143. The van der Waals surface area contributed by atoms with E-state index in [1.807, 2.05) is 17.5 Å². The fourth-order valence-electron chi connectivity index (χ4n) is 3.33. The third kappa shape index (κ3) is 4.38. The van der Waals surface area contributed by atoms with Crippen molar-refractivity contribution in [1.82, 2.24) is 15.1 Å². The van der Waals surface area contributed by atoms with Crippen LogP contribution in [-0.2, 0) is 16.6 Å². The zero-order valence-corrected chi connectivity index (χ0v) is 18.6. The summed E-state index contributed by atoms with van der Waals surface area (Å²) in [5, 5.41) is 9.99.